The lowest BCUT2D eigenvalue weighted by atomic mass is 9.99. The van der Waals surface area contributed by atoms with Crippen molar-refractivity contribution in [2.24, 2.45) is 0 Å². The van der Waals surface area contributed by atoms with E-state index in [0.717, 1.165) is 35.4 Å². The van der Waals surface area contributed by atoms with E-state index in [1.165, 1.54) is 5.56 Å². The lowest BCUT2D eigenvalue weighted by molar-refractivity contribution is 0.0912. The Morgan fingerprint density at radius 2 is 1.80 bits per heavy atom. The van der Waals surface area contributed by atoms with Crippen molar-refractivity contribution in [2.45, 2.75) is 26.8 Å². The first-order chi connectivity index (χ1) is 14.5. The van der Waals surface area contributed by atoms with Gasteiger partial charge in [-0.15, -0.1) is 0 Å². The van der Waals surface area contributed by atoms with Gasteiger partial charge in [-0.05, 0) is 60.7 Å². The van der Waals surface area contributed by atoms with Gasteiger partial charge in [0, 0.05) is 13.1 Å². The first kappa shape index (κ1) is 21.9. The molecule has 1 N–H and O–H groups in total. The fraction of sp³-hybridized carbons (Fsp3) is 0.435. The van der Waals surface area contributed by atoms with Crippen molar-refractivity contribution >= 4 is 5.91 Å². The molecular weight excluding hydrogens is 387 g/mol. The number of halogens is 1. The van der Waals surface area contributed by atoms with E-state index >= 15 is 0 Å². The molecule has 0 fully saturated rings. The van der Waals surface area contributed by atoms with Gasteiger partial charge in [0.05, 0.1) is 26.5 Å². The van der Waals surface area contributed by atoms with Crippen molar-refractivity contribution in [3.05, 3.63) is 52.1 Å². The summed E-state index contributed by atoms with van der Waals surface area (Å²) < 4.78 is 28.9. The molecule has 7 heteroatoms. The number of ether oxygens (including phenoxy) is 3. The maximum absolute atomic E-state index is 12.9. The molecule has 6 nitrogen and oxygen atoms in total. The minimum Gasteiger partial charge on any atom is -0.493 e. The maximum Gasteiger partial charge on any atom is 0.256 e. The van der Waals surface area contributed by atoms with Crippen LogP contribution in [0, 0.1) is 13.8 Å². The molecule has 1 aliphatic rings. The molecule has 0 saturated carbocycles. The molecule has 1 heterocycles. The van der Waals surface area contributed by atoms with Gasteiger partial charge in [0.15, 0.2) is 11.5 Å². The molecule has 30 heavy (non-hydrogen) atoms. The van der Waals surface area contributed by atoms with Crippen molar-refractivity contribution in [1.82, 2.24) is 10.2 Å². The van der Waals surface area contributed by atoms with Gasteiger partial charge in [0.2, 0.25) is 0 Å². The van der Waals surface area contributed by atoms with E-state index in [4.69, 9.17) is 14.2 Å². The maximum atomic E-state index is 12.9. The molecule has 1 amide bonds. The van der Waals surface area contributed by atoms with Crippen LogP contribution in [0.4, 0.5) is 4.39 Å². The van der Waals surface area contributed by atoms with Gasteiger partial charge >= 0.3 is 0 Å². The smallest absolute Gasteiger partial charge is 0.256 e. The molecule has 0 aromatic heterocycles. The van der Waals surface area contributed by atoms with Crippen LogP contribution in [-0.2, 0) is 13.0 Å². The highest BCUT2D eigenvalue weighted by Crippen LogP contribution is 2.33. The molecule has 0 unspecified atom stereocenters. The Hall–Kier alpha value is -2.80. The second kappa shape index (κ2) is 9.80. The van der Waals surface area contributed by atoms with Crippen molar-refractivity contribution < 1.29 is 23.4 Å². The number of carbonyl (C=O) groups is 1. The molecular formula is C23H29FN2O4. The number of carbonyl (C=O) groups excluding carboxylic acids is 1. The van der Waals surface area contributed by atoms with Gasteiger partial charge in [0.25, 0.3) is 5.91 Å². The van der Waals surface area contributed by atoms with Crippen LogP contribution in [0.2, 0.25) is 0 Å². The quantitative estimate of drug-likeness (QED) is 0.715. The van der Waals surface area contributed by atoms with Crippen molar-refractivity contribution in [3.63, 3.8) is 0 Å². The van der Waals surface area contributed by atoms with Gasteiger partial charge in [0.1, 0.15) is 19.0 Å². The number of benzene rings is 2. The number of methoxy groups -OCH3 is 2. The number of hydrogen-bond donors (Lipinski definition) is 1. The summed E-state index contributed by atoms with van der Waals surface area (Å²) in [5, 5.41) is 2.98. The lowest BCUT2D eigenvalue weighted by Crippen LogP contribution is -2.40. The van der Waals surface area contributed by atoms with E-state index in [1.807, 2.05) is 32.0 Å². The van der Waals surface area contributed by atoms with Crippen LogP contribution in [0.25, 0.3) is 0 Å². The van der Waals surface area contributed by atoms with E-state index in [9.17, 15) is 9.18 Å². The van der Waals surface area contributed by atoms with Gasteiger partial charge < -0.3 is 19.5 Å². The first-order valence-corrected chi connectivity index (χ1v) is 10.0. The molecule has 0 bridgehead atoms. The van der Waals surface area contributed by atoms with Gasteiger partial charge in [-0.1, -0.05) is 6.07 Å². The third-order valence-corrected chi connectivity index (χ3v) is 5.25. The Morgan fingerprint density at radius 3 is 2.47 bits per heavy atom. The number of nitrogens with zero attached hydrogens (tertiary/aromatic N) is 1. The van der Waals surface area contributed by atoms with Crippen LogP contribution in [0.1, 0.15) is 32.6 Å². The molecule has 0 aliphatic carbocycles. The largest absolute Gasteiger partial charge is 0.493 e. The number of nitrogens with one attached hydrogen (secondary N) is 1. The number of fused-ring (bicyclic) bond motifs is 1. The van der Waals surface area contributed by atoms with Crippen LogP contribution in [0.5, 0.6) is 17.2 Å². The molecule has 0 radical (unpaired) electrons. The predicted octanol–water partition coefficient (Wildman–Crippen LogP) is 3.41. The Labute approximate surface area is 176 Å². The van der Waals surface area contributed by atoms with Crippen molar-refractivity contribution in [1.29, 1.82) is 0 Å². The highest BCUT2D eigenvalue weighted by molar-refractivity contribution is 5.97. The van der Waals surface area contributed by atoms with E-state index in [0.29, 0.717) is 30.3 Å². The summed E-state index contributed by atoms with van der Waals surface area (Å²) in [7, 11) is 3.25. The Balaban J connectivity index is 1.69. The van der Waals surface area contributed by atoms with E-state index in [2.05, 4.69) is 10.2 Å². The Kier molecular flexibility index (Phi) is 7.15. The third-order valence-electron chi connectivity index (χ3n) is 5.25. The average Bonchev–Trinajstić information content (AvgIpc) is 2.75. The second-order valence-corrected chi connectivity index (χ2v) is 7.44. The molecule has 0 atom stereocenters. The van der Waals surface area contributed by atoms with Gasteiger partial charge in [-0.25, -0.2) is 4.39 Å². The predicted molar refractivity (Wildman–Crippen MR) is 113 cm³/mol. The monoisotopic (exact) mass is 416 g/mol. The standard InChI is InChI=1S/C23H29FN2O4/c1-15-9-16(2)22(30-8-6-24)19(10-15)23(27)25-14-26-7-5-17-11-20(28-3)21(29-4)12-18(17)13-26/h9-12H,5-8,13-14H2,1-4H3,(H,25,27). The number of aryl methyl sites for hydroxylation is 2. The second-order valence-electron chi connectivity index (χ2n) is 7.44. The molecule has 1 aliphatic heterocycles. The molecule has 3 rings (SSSR count). The summed E-state index contributed by atoms with van der Waals surface area (Å²) >= 11 is 0. The number of rotatable bonds is 8. The molecule has 0 saturated heterocycles. The van der Waals surface area contributed by atoms with Crippen molar-refractivity contribution in [3.8, 4) is 17.2 Å². The van der Waals surface area contributed by atoms with Crippen LogP contribution in [0.3, 0.4) is 0 Å². The third kappa shape index (κ3) is 4.84. The Morgan fingerprint density at radius 1 is 1.10 bits per heavy atom. The average molecular weight is 416 g/mol. The summed E-state index contributed by atoms with van der Waals surface area (Å²) in [6.07, 6.45) is 0.861. The topological polar surface area (TPSA) is 60.0 Å². The summed E-state index contributed by atoms with van der Waals surface area (Å²) in [5.41, 5.74) is 4.60. The number of hydrogen-bond acceptors (Lipinski definition) is 5. The molecule has 2 aromatic carbocycles. The first-order valence-electron chi connectivity index (χ1n) is 10.0. The van der Waals surface area contributed by atoms with Crippen LogP contribution < -0.4 is 19.5 Å². The molecule has 0 spiro atoms. The molecule has 2 aromatic rings. The summed E-state index contributed by atoms with van der Waals surface area (Å²) in [6, 6.07) is 7.72. The van der Waals surface area contributed by atoms with Gasteiger partial charge in [-0.3, -0.25) is 9.69 Å². The molecule has 162 valence electrons. The number of alkyl halides is 1. The summed E-state index contributed by atoms with van der Waals surface area (Å²) in [5.74, 6) is 1.64. The van der Waals surface area contributed by atoms with E-state index < -0.39 is 6.67 Å². The van der Waals surface area contributed by atoms with Gasteiger partial charge in [-0.2, -0.15) is 0 Å². The summed E-state index contributed by atoms with van der Waals surface area (Å²) in [6.45, 7) is 5.04. The van der Waals surface area contributed by atoms with E-state index in [-0.39, 0.29) is 12.5 Å². The highest BCUT2D eigenvalue weighted by Gasteiger charge is 2.21. The van der Waals surface area contributed by atoms with E-state index in [1.54, 1.807) is 20.3 Å². The SMILES string of the molecule is COc1cc2c(cc1OC)CN(CNC(=O)c1cc(C)cc(C)c1OCCF)CC2. The highest BCUT2D eigenvalue weighted by atomic mass is 19.1. The fourth-order valence-corrected chi connectivity index (χ4v) is 3.81. The fourth-order valence-electron chi connectivity index (χ4n) is 3.81. The van der Waals surface area contributed by atoms with Crippen LogP contribution in [0.15, 0.2) is 24.3 Å². The van der Waals surface area contributed by atoms with Crippen molar-refractivity contribution in [2.75, 3.05) is 40.7 Å². The minimum atomic E-state index is -0.601. The zero-order valence-electron chi connectivity index (χ0n) is 18.0. The normalized spacial score (nSPS) is 13.5. The Bertz CT molecular complexity index is 917. The zero-order chi connectivity index (χ0) is 21.7. The number of amides is 1. The van der Waals surface area contributed by atoms with Crippen LogP contribution >= 0.6 is 0 Å². The zero-order valence-corrected chi connectivity index (χ0v) is 18.0. The summed E-state index contributed by atoms with van der Waals surface area (Å²) in [4.78, 5) is 15.0. The minimum absolute atomic E-state index is 0.0710. The van der Waals surface area contributed by atoms with Crippen LogP contribution in [-0.4, -0.2) is 51.5 Å². The lowest BCUT2D eigenvalue weighted by Gasteiger charge is -2.29.